The quantitative estimate of drug-likeness (QED) is 0.477. The molecule has 1 N–H and O–H groups in total. The summed E-state index contributed by atoms with van der Waals surface area (Å²) >= 11 is 0. The number of hydrogen-bond acceptors (Lipinski definition) is 2. The predicted octanol–water partition coefficient (Wildman–Crippen LogP) is 5.86. The van der Waals surface area contributed by atoms with Gasteiger partial charge in [-0.15, -0.1) is 0 Å². The summed E-state index contributed by atoms with van der Waals surface area (Å²) in [6.07, 6.45) is 6.82. The lowest BCUT2D eigenvalue weighted by molar-refractivity contribution is 0.181. The van der Waals surface area contributed by atoms with Crippen LogP contribution in [0.4, 0.5) is 0 Å². The van der Waals surface area contributed by atoms with E-state index < -0.39 is 14.4 Å². The molecule has 0 bridgehead atoms. The Hall–Kier alpha value is -0.903. The molecular weight excluding hydrogens is 300 g/mol. The SMILES string of the molecule is C[C@H](CC/C=C\C[C@@H](O)c1ccccc1)O[Si](C)(C)C(C)(C)C. The Morgan fingerprint density at radius 2 is 1.74 bits per heavy atom. The molecule has 0 radical (unpaired) electrons. The second-order valence-corrected chi connectivity index (χ2v) is 12.7. The first-order valence-electron chi connectivity index (χ1n) is 8.69. The van der Waals surface area contributed by atoms with Crippen LogP contribution in [-0.2, 0) is 4.43 Å². The van der Waals surface area contributed by atoms with Gasteiger partial charge in [0.2, 0.25) is 0 Å². The van der Waals surface area contributed by atoms with Gasteiger partial charge in [-0.25, -0.2) is 0 Å². The molecule has 0 saturated carbocycles. The van der Waals surface area contributed by atoms with Gasteiger partial charge in [-0.05, 0) is 49.9 Å². The standard InChI is InChI=1S/C20H34O2Si/c1-17(22-23(5,6)20(2,3)4)13-9-7-12-16-19(21)18-14-10-8-11-15-18/h7-8,10-12,14-15,17,19,21H,9,13,16H2,1-6H3/b12-7-/t17-,19-/m1/s1. The highest BCUT2D eigenvalue weighted by Crippen LogP contribution is 2.37. The number of allylic oxidation sites excluding steroid dienone is 1. The summed E-state index contributed by atoms with van der Waals surface area (Å²) in [7, 11) is -1.66. The first kappa shape index (κ1) is 20.1. The molecule has 23 heavy (non-hydrogen) atoms. The third-order valence-electron chi connectivity index (χ3n) is 4.75. The summed E-state index contributed by atoms with van der Waals surface area (Å²) in [5, 5.41) is 10.4. The summed E-state index contributed by atoms with van der Waals surface area (Å²) in [4.78, 5) is 0. The van der Waals surface area contributed by atoms with E-state index in [1.165, 1.54) is 0 Å². The molecule has 0 fully saturated rings. The monoisotopic (exact) mass is 334 g/mol. The molecule has 1 aromatic rings. The van der Waals surface area contributed by atoms with E-state index in [-0.39, 0.29) is 5.04 Å². The highest BCUT2D eigenvalue weighted by Gasteiger charge is 2.38. The lowest BCUT2D eigenvalue weighted by atomic mass is 10.1. The van der Waals surface area contributed by atoms with Crippen molar-refractivity contribution >= 4 is 8.32 Å². The Kier molecular flexibility index (Phi) is 7.72. The lowest BCUT2D eigenvalue weighted by Crippen LogP contribution is -2.43. The minimum atomic E-state index is -1.66. The van der Waals surface area contributed by atoms with E-state index in [0.717, 1.165) is 18.4 Å². The maximum Gasteiger partial charge on any atom is 0.192 e. The highest BCUT2D eigenvalue weighted by atomic mass is 28.4. The van der Waals surface area contributed by atoms with Crippen LogP contribution in [0.15, 0.2) is 42.5 Å². The summed E-state index contributed by atoms with van der Waals surface area (Å²) in [5.74, 6) is 0. The molecule has 0 aliphatic carbocycles. The first-order valence-corrected chi connectivity index (χ1v) is 11.6. The van der Waals surface area contributed by atoms with Crippen molar-refractivity contribution in [2.45, 2.75) is 77.3 Å². The average Bonchev–Trinajstić information content (AvgIpc) is 2.46. The zero-order valence-electron chi connectivity index (χ0n) is 15.7. The molecule has 0 aliphatic rings. The molecule has 0 aromatic heterocycles. The number of aliphatic hydroxyl groups excluding tert-OH is 1. The molecular formula is C20H34O2Si. The van der Waals surface area contributed by atoms with E-state index in [1.54, 1.807) is 0 Å². The zero-order chi connectivity index (χ0) is 17.5. The van der Waals surface area contributed by atoms with Crippen molar-refractivity contribution in [1.29, 1.82) is 0 Å². The largest absolute Gasteiger partial charge is 0.414 e. The number of benzene rings is 1. The van der Waals surface area contributed by atoms with Crippen molar-refractivity contribution in [2.24, 2.45) is 0 Å². The number of rotatable bonds is 8. The van der Waals surface area contributed by atoms with E-state index in [0.29, 0.717) is 12.5 Å². The van der Waals surface area contributed by atoms with Crippen LogP contribution in [0.3, 0.4) is 0 Å². The van der Waals surface area contributed by atoms with Gasteiger partial charge in [0.25, 0.3) is 0 Å². The Morgan fingerprint density at radius 3 is 2.30 bits per heavy atom. The second-order valence-electron chi connectivity index (χ2n) is 7.90. The number of aliphatic hydroxyl groups is 1. The molecule has 0 spiro atoms. The van der Waals surface area contributed by atoms with E-state index in [9.17, 15) is 5.11 Å². The van der Waals surface area contributed by atoms with Crippen LogP contribution >= 0.6 is 0 Å². The fourth-order valence-corrected chi connectivity index (χ4v) is 3.70. The van der Waals surface area contributed by atoms with E-state index in [1.807, 2.05) is 30.3 Å². The van der Waals surface area contributed by atoms with Crippen LogP contribution in [0.5, 0.6) is 0 Å². The van der Waals surface area contributed by atoms with Crippen molar-refractivity contribution in [3.05, 3.63) is 48.0 Å². The van der Waals surface area contributed by atoms with Gasteiger partial charge in [0.05, 0.1) is 6.10 Å². The van der Waals surface area contributed by atoms with Gasteiger partial charge in [-0.2, -0.15) is 0 Å². The van der Waals surface area contributed by atoms with Gasteiger partial charge in [-0.1, -0.05) is 63.3 Å². The Morgan fingerprint density at radius 1 is 1.13 bits per heavy atom. The Labute approximate surface area is 143 Å². The minimum absolute atomic E-state index is 0.261. The van der Waals surface area contributed by atoms with E-state index in [4.69, 9.17) is 4.43 Å². The Bertz CT molecular complexity index is 474. The lowest BCUT2D eigenvalue weighted by Gasteiger charge is -2.38. The molecule has 0 unspecified atom stereocenters. The van der Waals surface area contributed by atoms with Gasteiger partial charge < -0.3 is 9.53 Å². The highest BCUT2D eigenvalue weighted by molar-refractivity contribution is 6.74. The topological polar surface area (TPSA) is 29.5 Å². The predicted molar refractivity (Wildman–Crippen MR) is 102 cm³/mol. The van der Waals surface area contributed by atoms with Crippen molar-refractivity contribution in [2.75, 3.05) is 0 Å². The smallest absolute Gasteiger partial charge is 0.192 e. The minimum Gasteiger partial charge on any atom is -0.414 e. The summed E-state index contributed by atoms with van der Waals surface area (Å²) < 4.78 is 6.35. The average molecular weight is 335 g/mol. The van der Waals surface area contributed by atoms with Gasteiger partial charge >= 0.3 is 0 Å². The summed E-state index contributed by atoms with van der Waals surface area (Å²) in [6, 6.07) is 9.82. The maximum atomic E-state index is 10.1. The third kappa shape index (κ3) is 7.02. The van der Waals surface area contributed by atoms with E-state index >= 15 is 0 Å². The van der Waals surface area contributed by atoms with Crippen LogP contribution in [0, 0.1) is 0 Å². The van der Waals surface area contributed by atoms with Crippen molar-refractivity contribution in [3.8, 4) is 0 Å². The molecule has 0 aliphatic heterocycles. The molecule has 2 atom stereocenters. The molecule has 1 aromatic carbocycles. The fraction of sp³-hybridized carbons (Fsp3) is 0.600. The van der Waals surface area contributed by atoms with Crippen LogP contribution < -0.4 is 0 Å². The van der Waals surface area contributed by atoms with Gasteiger partial charge in [-0.3, -0.25) is 0 Å². The molecule has 2 nitrogen and oxygen atoms in total. The fourth-order valence-electron chi connectivity index (χ4n) is 2.22. The molecule has 130 valence electrons. The van der Waals surface area contributed by atoms with Crippen LogP contribution in [0.1, 0.15) is 58.6 Å². The molecule has 1 rings (SSSR count). The van der Waals surface area contributed by atoms with Crippen LogP contribution in [0.25, 0.3) is 0 Å². The summed E-state index contributed by atoms with van der Waals surface area (Å²) in [5.41, 5.74) is 0.978. The molecule has 0 heterocycles. The normalized spacial score (nSPS) is 15.8. The van der Waals surface area contributed by atoms with Gasteiger partial charge in [0, 0.05) is 6.10 Å². The van der Waals surface area contributed by atoms with Gasteiger partial charge in [0.1, 0.15) is 0 Å². The van der Waals surface area contributed by atoms with Crippen molar-refractivity contribution in [1.82, 2.24) is 0 Å². The Balaban J connectivity index is 2.31. The van der Waals surface area contributed by atoms with Gasteiger partial charge in [0.15, 0.2) is 8.32 Å². The third-order valence-corrected chi connectivity index (χ3v) is 9.36. The second kappa shape index (κ2) is 8.81. The zero-order valence-corrected chi connectivity index (χ0v) is 16.7. The maximum absolute atomic E-state index is 10.1. The van der Waals surface area contributed by atoms with Crippen molar-refractivity contribution in [3.63, 3.8) is 0 Å². The summed E-state index contributed by atoms with van der Waals surface area (Å²) in [6.45, 7) is 13.6. The molecule has 0 amide bonds. The van der Waals surface area contributed by atoms with Crippen molar-refractivity contribution < 1.29 is 9.53 Å². The number of hydrogen-bond donors (Lipinski definition) is 1. The van der Waals surface area contributed by atoms with Crippen LogP contribution in [-0.4, -0.2) is 19.5 Å². The van der Waals surface area contributed by atoms with Crippen LogP contribution in [0.2, 0.25) is 18.1 Å². The first-order chi connectivity index (χ1) is 10.6. The molecule has 3 heteroatoms. The molecule has 0 saturated heterocycles. The van der Waals surface area contributed by atoms with E-state index in [2.05, 4.69) is 52.9 Å².